The zero-order valence-electron chi connectivity index (χ0n) is 6.13. The first-order valence-corrected chi connectivity index (χ1v) is 4.31. The van der Waals surface area contributed by atoms with Crippen molar-refractivity contribution in [3.8, 4) is 0 Å². The summed E-state index contributed by atoms with van der Waals surface area (Å²) in [4.78, 5) is 0. The summed E-state index contributed by atoms with van der Waals surface area (Å²) in [5.74, 6) is 0.338. The molecule has 0 fully saturated rings. The molecule has 0 spiro atoms. The van der Waals surface area contributed by atoms with Crippen LogP contribution >= 0.6 is 22.6 Å². The molecule has 0 atom stereocenters. The number of halogens is 1. The van der Waals surface area contributed by atoms with Crippen molar-refractivity contribution in [3.63, 3.8) is 0 Å². The van der Waals surface area contributed by atoms with Crippen LogP contribution in [0.1, 0.15) is 13.8 Å². The maximum Gasteiger partial charge on any atom is 0.0649 e. The molecular weight excluding hydrogens is 239 g/mol. The average Bonchev–Trinajstić information content (AvgIpc) is 1.89. The third kappa shape index (κ3) is 3.76. The number of rotatable bonds is 3. The summed E-state index contributed by atoms with van der Waals surface area (Å²) in [6.07, 6.45) is 3.73. The van der Waals surface area contributed by atoms with Gasteiger partial charge in [0, 0.05) is 0 Å². The second kappa shape index (κ2) is 5.58. The van der Waals surface area contributed by atoms with Crippen molar-refractivity contribution in [2.75, 3.05) is 0 Å². The van der Waals surface area contributed by atoms with Crippen LogP contribution < -0.4 is 0 Å². The molecule has 0 aromatic carbocycles. The maximum absolute atomic E-state index is 6.79. The molecule has 0 rings (SSSR count). The summed E-state index contributed by atoms with van der Waals surface area (Å²) in [6, 6.07) is 0. The number of nitrogens with zero attached hydrogens (tertiary/aromatic N) is 1. The molecule has 10 heavy (non-hydrogen) atoms. The number of hydrogen-bond donors (Lipinski definition) is 1. The van der Waals surface area contributed by atoms with E-state index in [9.17, 15) is 0 Å². The molecule has 0 aliphatic heterocycles. The molecule has 0 amide bonds. The lowest BCUT2D eigenvalue weighted by molar-refractivity contribution is 0.732. The molecule has 0 aromatic rings. The van der Waals surface area contributed by atoms with Crippen LogP contribution in [0.4, 0.5) is 0 Å². The molecule has 0 radical (unpaired) electrons. The summed E-state index contributed by atoms with van der Waals surface area (Å²) in [6.45, 7) is 4.04. The van der Waals surface area contributed by atoms with E-state index in [4.69, 9.17) is 5.53 Å². The van der Waals surface area contributed by atoms with E-state index in [-0.39, 0.29) is 0 Å². The minimum Gasteiger partial charge on any atom is -0.205 e. The fourth-order valence-corrected chi connectivity index (χ4v) is 0.701. The predicted octanol–water partition coefficient (Wildman–Crippen LogP) is 3.51. The van der Waals surface area contributed by atoms with Gasteiger partial charge in [-0.2, -0.15) is 5.11 Å². The van der Waals surface area contributed by atoms with Gasteiger partial charge in [0.05, 0.1) is 5.70 Å². The molecule has 3 heteroatoms. The molecule has 0 heterocycles. The van der Waals surface area contributed by atoms with E-state index in [2.05, 4.69) is 27.7 Å². The fraction of sp³-hybridized carbons (Fsp3) is 0.429. The van der Waals surface area contributed by atoms with Crippen LogP contribution in [0.2, 0.25) is 0 Å². The van der Waals surface area contributed by atoms with Gasteiger partial charge in [-0.25, -0.2) is 5.53 Å². The van der Waals surface area contributed by atoms with Gasteiger partial charge >= 0.3 is 0 Å². The lowest BCUT2D eigenvalue weighted by Gasteiger charge is -1.99. The Balaban J connectivity index is 4.18. The Morgan fingerprint density at radius 3 is 2.50 bits per heavy atom. The fourth-order valence-electron chi connectivity index (χ4n) is 0.494. The molecule has 0 aromatic heterocycles. The Kier molecular flexibility index (Phi) is 5.48. The zero-order valence-corrected chi connectivity index (χ0v) is 8.29. The molecule has 0 bridgehead atoms. The lowest BCUT2D eigenvalue weighted by Crippen LogP contribution is -1.87. The number of hydrogen-bond acceptors (Lipinski definition) is 2. The monoisotopic (exact) mass is 250 g/mol. The van der Waals surface area contributed by atoms with Gasteiger partial charge in [0.15, 0.2) is 0 Å². The minimum atomic E-state index is 0.338. The first kappa shape index (κ1) is 9.81. The van der Waals surface area contributed by atoms with Gasteiger partial charge in [-0.15, -0.1) is 0 Å². The van der Waals surface area contributed by atoms with Crippen LogP contribution in [0, 0.1) is 11.4 Å². The van der Waals surface area contributed by atoms with Crippen molar-refractivity contribution in [1.82, 2.24) is 0 Å². The summed E-state index contributed by atoms with van der Waals surface area (Å²) in [5, 5.41) is 3.38. The lowest BCUT2D eigenvalue weighted by atomic mass is 10.1. The molecule has 1 N–H and O–H groups in total. The van der Waals surface area contributed by atoms with Crippen molar-refractivity contribution in [1.29, 1.82) is 5.53 Å². The van der Waals surface area contributed by atoms with Crippen LogP contribution in [0.3, 0.4) is 0 Å². The molecule has 2 nitrogen and oxygen atoms in total. The molecular formula is C7H11IN2. The predicted molar refractivity (Wildman–Crippen MR) is 51.2 cm³/mol. The first-order valence-electron chi connectivity index (χ1n) is 3.06. The van der Waals surface area contributed by atoms with E-state index >= 15 is 0 Å². The van der Waals surface area contributed by atoms with E-state index in [1.54, 1.807) is 0 Å². The highest BCUT2D eigenvalue weighted by Gasteiger charge is 1.97. The van der Waals surface area contributed by atoms with Crippen molar-refractivity contribution < 1.29 is 0 Å². The molecule has 0 unspecified atom stereocenters. The normalized spacial score (nSPS) is 13.0. The van der Waals surface area contributed by atoms with Crippen molar-refractivity contribution in [2.45, 2.75) is 13.8 Å². The minimum absolute atomic E-state index is 0.338. The standard InChI is InChI=1S/C7H11IN2/c1-6(2)7(10-9)4-3-5-8/h3-6,9H,1-2H3/b5-3-,7-4-,10-9?. The third-order valence-corrected chi connectivity index (χ3v) is 1.48. The summed E-state index contributed by atoms with van der Waals surface area (Å²) in [5.41, 5.74) is 7.60. The topological polar surface area (TPSA) is 36.2 Å². The quantitative estimate of drug-likeness (QED) is 0.452. The van der Waals surface area contributed by atoms with Crippen LogP contribution in [0.5, 0.6) is 0 Å². The molecule has 0 saturated carbocycles. The highest BCUT2D eigenvalue weighted by molar-refractivity contribution is 14.1. The second-order valence-electron chi connectivity index (χ2n) is 2.18. The second-order valence-corrected chi connectivity index (χ2v) is 2.90. The first-order chi connectivity index (χ1) is 4.72. The summed E-state index contributed by atoms with van der Waals surface area (Å²) < 4.78 is 1.89. The van der Waals surface area contributed by atoms with Crippen LogP contribution in [-0.2, 0) is 0 Å². The van der Waals surface area contributed by atoms with E-state index in [0.717, 1.165) is 5.70 Å². The maximum atomic E-state index is 6.79. The van der Waals surface area contributed by atoms with E-state index in [1.165, 1.54) is 0 Å². The largest absolute Gasteiger partial charge is 0.205 e. The van der Waals surface area contributed by atoms with Crippen molar-refractivity contribution in [2.24, 2.45) is 11.0 Å². The van der Waals surface area contributed by atoms with Crippen LogP contribution in [0.15, 0.2) is 27.0 Å². The van der Waals surface area contributed by atoms with Gasteiger partial charge in [-0.1, -0.05) is 42.5 Å². The van der Waals surface area contributed by atoms with Crippen LogP contribution in [-0.4, -0.2) is 0 Å². The highest BCUT2D eigenvalue weighted by atomic mass is 127. The summed E-state index contributed by atoms with van der Waals surface area (Å²) >= 11 is 2.13. The molecule has 0 saturated heterocycles. The zero-order chi connectivity index (χ0) is 7.98. The van der Waals surface area contributed by atoms with Gasteiger partial charge in [-0.05, 0) is 16.1 Å². The Labute approximate surface area is 75.0 Å². The van der Waals surface area contributed by atoms with Gasteiger partial charge in [0.25, 0.3) is 0 Å². The number of nitrogens with one attached hydrogen (secondary N) is 1. The van der Waals surface area contributed by atoms with Crippen LogP contribution in [0.25, 0.3) is 0 Å². The Morgan fingerprint density at radius 1 is 1.60 bits per heavy atom. The molecule has 56 valence electrons. The van der Waals surface area contributed by atoms with Gasteiger partial charge in [0.2, 0.25) is 0 Å². The third-order valence-electron chi connectivity index (χ3n) is 1.06. The highest BCUT2D eigenvalue weighted by Crippen LogP contribution is 2.10. The van der Waals surface area contributed by atoms with E-state index < -0.39 is 0 Å². The summed E-state index contributed by atoms with van der Waals surface area (Å²) in [7, 11) is 0. The molecule has 0 aliphatic carbocycles. The van der Waals surface area contributed by atoms with Gasteiger partial charge < -0.3 is 0 Å². The molecule has 0 aliphatic rings. The smallest absolute Gasteiger partial charge is 0.0649 e. The Morgan fingerprint density at radius 2 is 2.20 bits per heavy atom. The van der Waals surface area contributed by atoms with Gasteiger partial charge in [0.1, 0.15) is 0 Å². The van der Waals surface area contributed by atoms with Crippen molar-refractivity contribution in [3.05, 3.63) is 21.9 Å². The average molecular weight is 250 g/mol. The SMILES string of the molecule is CC(C)/C(=C/C=C\I)N=N. The Hall–Kier alpha value is -0.190. The van der Waals surface area contributed by atoms with Gasteiger partial charge in [-0.3, -0.25) is 0 Å². The van der Waals surface area contributed by atoms with Crippen molar-refractivity contribution >= 4 is 22.6 Å². The number of allylic oxidation sites excluding steroid dienone is 3. The Bertz CT molecular complexity index is 159. The van der Waals surface area contributed by atoms with E-state index in [0.29, 0.717) is 5.92 Å². The van der Waals surface area contributed by atoms with E-state index in [1.807, 2.05) is 30.1 Å².